The molecule has 2 aromatic rings. The van der Waals surface area contributed by atoms with Crippen LogP contribution in [0.25, 0.3) is 12.2 Å². The first-order valence-electron chi connectivity index (χ1n) is 15.5. The number of amides is 2. The molecule has 0 saturated carbocycles. The molecule has 0 aliphatic carbocycles. The van der Waals surface area contributed by atoms with Crippen LogP contribution in [0.5, 0.6) is 0 Å². The number of allylic oxidation sites excluding steroid dienone is 2. The molecule has 0 spiro atoms. The van der Waals surface area contributed by atoms with Gasteiger partial charge in [-0.3, -0.25) is 19.2 Å². The molecular formula is C35H44N4O6. The highest BCUT2D eigenvalue weighted by Crippen LogP contribution is 2.37. The van der Waals surface area contributed by atoms with E-state index in [1.165, 1.54) is 0 Å². The first-order valence-corrected chi connectivity index (χ1v) is 15.5. The molecule has 0 fully saturated rings. The standard InChI is InChI=1S/C35H44N4O6/c1-9-22-18(5)34(44)38-26(22)13-24-20(7)32(16(3)11-30(40)41)28(36-24)15-29-33(17(4)12-31(42)43)21(8)25(37-29)14-27-23(10-2)19(6)35(45)39-27/h13-14,16-17,36-37H,9-12,15H2,1-8H3,(H,38,44)(H,39,45)(H,40,41)(H,42,43)/b26-13-,27-14+. The molecule has 4 rings (SSSR count). The Kier molecular flexibility index (Phi) is 9.75. The molecular weight excluding hydrogens is 572 g/mol. The van der Waals surface area contributed by atoms with Gasteiger partial charge in [0.15, 0.2) is 0 Å². The van der Waals surface area contributed by atoms with E-state index >= 15 is 0 Å². The first-order chi connectivity index (χ1) is 21.2. The fourth-order valence-electron chi connectivity index (χ4n) is 6.90. The van der Waals surface area contributed by atoms with Gasteiger partial charge in [0.05, 0.1) is 12.8 Å². The Labute approximate surface area is 263 Å². The van der Waals surface area contributed by atoms with E-state index in [1.807, 2.05) is 53.7 Å². The van der Waals surface area contributed by atoms with Crippen molar-refractivity contribution in [2.45, 2.75) is 99.3 Å². The zero-order chi connectivity index (χ0) is 33.3. The summed E-state index contributed by atoms with van der Waals surface area (Å²) in [5.74, 6) is -2.69. The lowest BCUT2D eigenvalue weighted by molar-refractivity contribution is -0.138. The minimum Gasteiger partial charge on any atom is -0.481 e. The van der Waals surface area contributed by atoms with Gasteiger partial charge in [-0.1, -0.05) is 27.7 Å². The molecule has 10 heteroatoms. The van der Waals surface area contributed by atoms with E-state index in [-0.39, 0.29) is 36.5 Å². The highest BCUT2D eigenvalue weighted by atomic mass is 16.4. The van der Waals surface area contributed by atoms with Crippen molar-refractivity contribution in [1.29, 1.82) is 0 Å². The molecule has 2 aromatic heterocycles. The molecule has 0 saturated heterocycles. The summed E-state index contributed by atoms with van der Waals surface area (Å²) in [5, 5.41) is 25.2. The molecule has 240 valence electrons. The molecule has 2 atom stereocenters. The maximum atomic E-state index is 12.4. The van der Waals surface area contributed by atoms with E-state index in [0.29, 0.717) is 30.4 Å². The van der Waals surface area contributed by atoms with E-state index in [1.54, 1.807) is 13.8 Å². The van der Waals surface area contributed by atoms with Crippen LogP contribution in [-0.2, 0) is 25.6 Å². The van der Waals surface area contributed by atoms with Crippen molar-refractivity contribution in [1.82, 2.24) is 20.6 Å². The number of carboxylic acids is 2. The summed E-state index contributed by atoms with van der Waals surface area (Å²) in [7, 11) is 0. The number of carboxylic acid groups (broad SMARTS) is 2. The smallest absolute Gasteiger partial charge is 0.303 e. The highest BCUT2D eigenvalue weighted by Gasteiger charge is 2.28. The Morgan fingerprint density at radius 1 is 0.689 bits per heavy atom. The monoisotopic (exact) mass is 616 g/mol. The summed E-state index contributed by atoms with van der Waals surface area (Å²) >= 11 is 0. The van der Waals surface area contributed by atoms with Crippen molar-refractivity contribution in [3.8, 4) is 0 Å². The topological polar surface area (TPSA) is 164 Å². The van der Waals surface area contributed by atoms with Gasteiger partial charge in [0, 0.05) is 51.7 Å². The van der Waals surface area contributed by atoms with Crippen molar-refractivity contribution >= 4 is 35.9 Å². The van der Waals surface area contributed by atoms with Gasteiger partial charge in [-0.25, -0.2) is 0 Å². The van der Waals surface area contributed by atoms with Crippen molar-refractivity contribution in [2.75, 3.05) is 0 Å². The molecule has 0 bridgehead atoms. The van der Waals surface area contributed by atoms with Crippen molar-refractivity contribution in [3.05, 3.63) is 78.7 Å². The maximum absolute atomic E-state index is 12.4. The summed E-state index contributed by atoms with van der Waals surface area (Å²) < 4.78 is 0. The number of H-pyrrole nitrogens is 2. The fraction of sp³-hybridized carbons (Fsp3) is 0.429. The van der Waals surface area contributed by atoms with E-state index in [9.17, 15) is 29.4 Å². The van der Waals surface area contributed by atoms with Gasteiger partial charge in [-0.2, -0.15) is 0 Å². The van der Waals surface area contributed by atoms with Crippen LogP contribution in [0.4, 0.5) is 0 Å². The van der Waals surface area contributed by atoms with Crippen LogP contribution in [0.3, 0.4) is 0 Å². The summed E-state index contributed by atoms with van der Waals surface area (Å²) in [5.41, 5.74) is 11.4. The lowest BCUT2D eigenvalue weighted by Crippen LogP contribution is -2.15. The van der Waals surface area contributed by atoms with Gasteiger partial charge in [0.25, 0.3) is 11.8 Å². The number of rotatable bonds is 12. The molecule has 6 N–H and O–H groups in total. The minimum absolute atomic E-state index is 0.0633. The number of aromatic nitrogens is 2. The number of hydrogen-bond donors (Lipinski definition) is 6. The molecule has 2 aliphatic heterocycles. The summed E-state index contributed by atoms with van der Waals surface area (Å²) in [6.45, 7) is 15.3. The second kappa shape index (κ2) is 13.2. The van der Waals surface area contributed by atoms with Crippen molar-refractivity contribution in [2.24, 2.45) is 0 Å². The van der Waals surface area contributed by atoms with E-state index in [0.717, 1.165) is 67.6 Å². The van der Waals surface area contributed by atoms with E-state index < -0.39 is 11.9 Å². The number of carbonyl (C=O) groups is 4. The molecule has 4 heterocycles. The van der Waals surface area contributed by atoms with E-state index in [4.69, 9.17) is 0 Å². The lowest BCUT2D eigenvalue weighted by Gasteiger charge is -2.15. The third-order valence-electron chi connectivity index (χ3n) is 9.16. The zero-order valence-corrected chi connectivity index (χ0v) is 27.4. The number of nitrogens with one attached hydrogen (secondary N) is 4. The van der Waals surface area contributed by atoms with Crippen LogP contribution >= 0.6 is 0 Å². The van der Waals surface area contributed by atoms with Crippen molar-refractivity contribution in [3.63, 3.8) is 0 Å². The second-order valence-corrected chi connectivity index (χ2v) is 12.2. The molecule has 2 amide bonds. The van der Waals surface area contributed by atoms with Crippen LogP contribution in [-0.4, -0.2) is 43.9 Å². The van der Waals surface area contributed by atoms with Crippen LogP contribution in [0, 0.1) is 13.8 Å². The average Bonchev–Trinajstić information content (AvgIpc) is 3.60. The molecule has 0 aromatic carbocycles. The average molecular weight is 617 g/mol. The minimum atomic E-state index is -0.905. The highest BCUT2D eigenvalue weighted by molar-refractivity contribution is 6.01. The van der Waals surface area contributed by atoms with Crippen LogP contribution in [0.1, 0.15) is 124 Å². The quantitative estimate of drug-likeness (QED) is 0.169. The molecule has 10 nitrogen and oxygen atoms in total. The third-order valence-corrected chi connectivity index (χ3v) is 9.16. The lowest BCUT2D eigenvalue weighted by atomic mass is 9.89. The predicted octanol–water partition coefficient (Wildman–Crippen LogP) is 6.10. The van der Waals surface area contributed by atoms with Gasteiger partial charge < -0.3 is 30.8 Å². The SMILES string of the molecule is CCC1=C(C)C(=O)N/C1=C\c1[nH]c(Cc2[nH]c(/C=C3/NC(=O)C(C)=C3CC)c(C)c2C(C)CC(=O)O)c(C(C)CC(=O)O)c1C. The number of aromatic amines is 2. The number of carbonyl (C=O) groups excluding carboxylic acids is 2. The Morgan fingerprint density at radius 3 is 1.36 bits per heavy atom. The van der Waals surface area contributed by atoms with Gasteiger partial charge >= 0.3 is 11.9 Å². The number of hydrogen-bond acceptors (Lipinski definition) is 4. The normalized spacial score (nSPS) is 18.3. The Morgan fingerprint density at radius 2 is 1.04 bits per heavy atom. The van der Waals surface area contributed by atoms with Gasteiger partial charge in [0.1, 0.15) is 0 Å². The van der Waals surface area contributed by atoms with Crippen LogP contribution < -0.4 is 10.6 Å². The first kappa shape index (κ1) is 33.3. The zero-order valence-electron chi connectivity index (χ0n) is 27.4. The largest absolute Gasteiger partial charge is 0.481 e. The van der Waals surface area contributed by atoms with Crippen molar-refractivity contribution < 1.29 is 29.4 Å². The van der Waals surface area contributed by atoms with Gasteiger partial charge in [0.2, 0.25) is 0 Å². The number of aliphatic carboxylic acids is 2. The van der Waals surface area contributed by atoms with Gasteiger partial charge in [-0.05, 0) is 97.9 Å². The molecule has 45 heavy (non-hydrogen) atoms. The summed E-state index contributed by atoms with van der Waals surface area (Å²) in [4.78, 5) is 55.5. The van der Waals surface area contributed by atoms with E-state index in [2.05, 4.69) is 20.6 Å². The third kappa shape index (κ3) is 6.60. The Balaban J connectivity index is 1.87. The molecule has 2 unspecified atom stereocenters. The second-order valence-electron chi connectivity index (χ2n) is 12.2. The molecule has 0 radical (unpaired) electrons. The predicted molar refractivity (Wildman–Crippen MR) is 173 cm³/mol. The molecule has 2 aliphatic rings. The van der Waals surface area contributed by atoms with Crippen LogP contribution in [0.2, 0.25) is 0 Å². The van der Waals surface area contributed by atoms with Gasteiger partial charge in [-0.15, -0.1) is 0 Å². The Bertz CT molecular complexity index is 1590. The van der Waals surface area contributed by atoms with Crippen LogP contribution in [0.15, 0.2) is 33.7 Å². The Hall–Kier alpha value is -4.60. The summed E-state index contributed by atoms with van der Waals surface area (Å²) in [6.07, 6.45) is 5.44. The fourth-order valence-corrected chi connectivity index (χ4v) is 6.90. The maximum Gasteiger partial charge on any atom is 0.303 e. The summed E-state index contributed by atoms with van der Waals surface area (Å²) in [6, 6.07) is 0.